The van der Waals surface area contributed by atoms with E-state index in [4.69, 9.17) is 0 Å². The van der Waals surface area contributed by atoms with Crippen LogP contribution in [-0.2, 0) is 5.41 Å². The van der Waals surface area contributed by atoms with Crippen molar-refractivity contribution in [1.29, 1.82) is 0 Å². The fourth-order valence-corrected chi connectivity index (χ4v) is 3.03. The average Bonchev–Trinajstić information content (AvgIpc) is 2.92. The third kappa shape index (κ3) is 2.99. The van der Waals surface area contributed by atoms with E-state index in [1.54, 1.807) is 0 Å². The molecule has 0 radical (unpaired) electrons. The summed E-state index contributed by atoms with van der Waals surface area (Å²) in [6, 6.07) is 15.0. The van der Waals surface area contributed by atoms with Crippen LogP contribution in [0.25, 0.3) is 17.1 Å². The van der Waals surface area contributed by atoms with E-state index in [9.17, 15) is 0 Å². The van der Waals surface area contributed by atoms with Gasteiger partial charge in [0, 0.05) is 11.0 Å². The first kappa shape index (κ1) is 16.4. The predicted molar refractivity (Wildman–Crippen MR) is 99.7 cm³/mol. The van der Waals surface area contributed by atoms with E-state index in [2.05, 4.69) is 98.8 Å². The van der Waals surface area contributed by atoms with Gasteiger partial charge in [0.15, 0.2) is 5.82 Å². The summed E-state index contributed by atoms with van der Waals surface area (Å²) >= 11 is 0. The Morgan fingerprint density at radius 1 is 0.833 bits per heavy atom. The van der Waals surface area contributed by atoms with Crippen molar-refractivity contribution in [3.05, 3.63) is 65.0 Å². The quantitative estimate of drug-likeness (QED) is 0.653. The Hall–Kier alpha value is -2.42. The summed E-state index contributed by atoms with van der Waals surface area (Å²) in [6.07, 6.45) is 0. The highest BCUT2D eigenvalue weighted by Crippen LogP contribution is 2.31. The van der Waals surface area contributed by atoms with Gasteiger partial charge in [-0.2, -0.15) is 0 Å². The van der Waals surface area contributed by atoms with Crippen LogP contribution in [0.2, 0.25) is 0 Å². The van der Waals surface area contributed by atoms with Gasteiger partial charge in [-0.1, -0.05) is 62.2 Å². The number of benzene rings is 2. The van der Waals surface area contributed by atoms with Crippen molar-refractivity contribution in [3.63, 3.8) is 0 Å². The molecule has 0 atom stereocenters. The molecule has 0 amide bonds. The second-order valence-corrected chi connectivity index (χ2v) is 7.59. The van der Waals surface area contributed by atoms with Crippen LogP contribution in [0, 0.1) is 20.8 Å². The van der Waals surface area contributed by atoms with Crippen LogP contribution in [0.15, 0.2) is 42.5 Å². The van der Waals surface area contributed by atoms with E-state index >= 15 is 0 Å². The van der Waals surface area contributed by atoms with E-state index in [1.807, 2.05) is 0 Å². The first-order valence-corrected chi connectivity index (χ1v) is 8.38. The Morgan fingerprint density at radius 3 is 2.17 bits per heavy atom. The highest BCUT2D eigenvalue weighted by molar-refractivity contribution is 5.61. The zero-order valence-corrected chi connectivity index (χ0v) is 15.4. The van der Waals surface area contributed by atoms with Crippen LogP contribution in [0.5, 0.6) is 0 Å². The van der Waals surface area contributed by atoms with Gasteiger partial charge < -0.3 is 0 Å². The lowest BCUT2D eigenvalue weighted by Gasteiger charge is -2.21. The fourth-order valence-electron chi connectivity index (χ4n) is 3.03. The molecule has 24 heavy (non-hydrogen) atoms. The number of aryl methyl sites for hydroxylation is 3. The Morgan fingerprint density at radius 2 is 1.54 bits per heavy atom. The molecule has 0 bridgehead atoms. The van der Waals surface area contributed by atoms with E-state index in [1.165, 1.54) is 16.7 Å². The maximum atomic E-state index is 4.55. The lowest BCUT2D eigenvalue weighted by molar-refractivity contribution is 0.533. The monoisotopic (exact) mass is 319 g/mol. The Balaban J connectivity index is 2.31. The lowest BCUT2D eigenvalue weighted by atomic mass is 9.95. The van der Waals surface area contributed by atoms with E-state index in [0.29, 0.717) is 0 Å². The van der Waals surface area contributed by atoms with Gasteiger partial charge in [0.25, 0.3) is 0 Å². The zero-order valence-electron chi connectivity index (χ0n) is 15.4. The molecule has 0 N–H and O–H groups in total. The molecule has 124 valence electrons. The predicted octanol–water partition coefficient (Wildman–Crippen LogP) is 5.16. The Labute approximate surface area is 144 Å². The van der Waals surface area contributed by atoms with Gasteiger partial charge in [-0.05, 0) is 38.5 Å². The molecular formula is C21H25N3. The van der Waals surface area contributed by atoms with Crippen LogP contribution in [0.3, 0.4) is 0 Å². The van der Waals surface area contributed by atoms with Crippen molar-refractivity contribution in [2.75, 3.05) is 0 Å². The molecule has 1 heterocycles. The van der Waals surface area contributed by atoms with Gasteiger partial charge in [-0.25, -0.2) is 0 Å². The van der Waals surface area contributed by atoms with Crippen molar-refractivity contribution in [2.24, 2.45) is 0 Å². The van der Waals surface area contributed by atoms with Crippen molar-refractivity contribution < 1.29 is 0 Å². The van der Waals surface area contributed by atoms with E-state index in [-0.39, 0.29) is 5.41 Å². The molecule has 3 aromatic rings. The fraction of sp³-hybridized carbons (Fsp3) is 0.333. The van der Waals surface area contributed by atoms with E-state index < -0.39 is 0 Å². The summed E-state index contributed by atoms with van der Waals surface area (Å²) in [5.74, 6) is 1.88. The molecule has 3 nitrogen and oxygen atoms in total. The highest BCUT2D eigenvalue weighted by atomic mass is 15.3. The molecule has 1 aromatic heterocycles. The van der Waals surface area contributed by atoms with Crippen LogP contribution in [-0.4, -0.2) is 14.8 Å². The van der Waals surface area contributed by atoms with E-state index in [0.717, 1.165) is 22.9 Å². The average molecular weight is 319 g/mol. The molecule has 0 saturated carbocycles. The Kier molecular flexibility index (Phi) is 4.04. The number of hydrogen-bond acceptors (Lipinski definition) is 2. The first-order chi connectivity index (χ1) is 11.3. The van der Waals surface area contributed by atoms with Gasteiger partial charge in [0.1, 0.15) is 5.82 Å². The number of rotatable bonds is 2. The summed E-state index contributed by atoms with van der Waals surface area (Å²) in [7, 11) is 0. The number of hydrogen-bond donors (Lipinski definition) is 0. The molecule has 3 heteroatoms. The smallest absolute Gasteiger partial charge is 0.168 e. The van der Waals surface area contributed by atoms with Crippen LogP contribution in [0.4, 0.5) is 0 Å². The van der Waals surface area contributed by atoms with Crippen LogP contribution in [0.1, 0.15) is 43.3 Å². The molecule has 0 aliphatic carbocycles. The third-order valence-electron chi connectivity index (χ3n) is 4.20. The SMILES string of the molecule is Cc1cccc(-c2nnc(C(C)(C)C)n2-c2ccc(C)cc2C)c1. The number of aromatic nitrogens is 3. The summed E-state index contributed by atoms with van der Waals surface area (Å²) in [4.78, 5) is 0. The van der Waals surface area contributed by atoms with Crippen molar-refractivity contribution in [2.45, 2.75) is 47.0 Å². The second kappa shape index (κ2) is 5.90. The summed E-state index contributed by atoms with van der Waals surface area (Å²) < 4.78 is 2.21. The maximum Gasteiger partial charge on any atom is 0.168 e. The molecule has 0 aliphatic rings. The topological polar surface area (TPSA) is 30.7 Å². The lowest BCUT2D eigenvalue weighted by Crippen LogP contribution is -2.19. The largest absolute Gasteiger partial charge is 0.278 e. The first-order valence-electron chi connectivity index (χ1n) is 8.38. The molecule has 0 unspecified atom stereocenters. The van der Waals surface area contributed by atoms with Crippen LogP contribution < -0.4 is 0 Å². The molecule has 0 aliphatic heterocycles. The highest BCUT2D eigenvalue weighted by Gasteiger charge is 2.26. The number of nitrogens with zero attached hydrogens (tertiary/aromatic N) is 3. The standard InChI is InChI=1S/C21H25N3/c1-14-8-7-9-17(13-14)19-22-23-20(21(4,5)6)24(19)18-11-10-15(2)12-16(18)3/h7-13H,1-6H3. The Bertz CT molecular complexity index is 882. The minimum atomic E-state index is -0.0909. The van der Waals surface area contributed by atoms with Crippen molar-refractivity contribution in [1.82, 2.24) is 14.8 Å². The molecule has 3 rings (SSSR count). The summed E-state index contributed by atoms with van der Waals surface area (Å²) in [5, 5.41) is 9.09. The molecule has 2 aromatic carbocycles. The second-order valence-electron chi connectivity index (χ2n) is 7.59. The normalized spacial score (nSPS) is 11.8. The van der Waals surface area contributed by atoms with Crippen LogP contribution >= 0.6 is 0 Å². The van der Waals surface area contributed by atoms with Gasteiger partial charge in [0.05, 0.1) is 5.69 Å². The summed E-state index contributed by atoms with van der Waals surface area (Å²) in [6.45, 7) is 12.9. The third-order valence-corrected chi connectivity index (χ3v) is 4.20. The maximum absolute atomic E-state index is 4.55. The molecule has 0 fully saturated rings. The molecule has 0 spiro atoms. The zero-order chi connectivity index (χ0) is 17.5. The van der Waals surface area contributed by atoms with Gasteiger partial charge in [0.2, 0.25) is 0 Å². The van der Waals surface area contributed by atoms with Gasteiger partial charge in [-0.15, -0.1) is 10.2 Å². The van der Waals surface area contributed by atoms with Gasteiger partial charge in [-0.3, -0.25) is 4.57 Å². The molecule has 0 saturated heterocycles. The van der Waals surface area contributed by atoms with Crippen molar-refractivity contribution in [3.8, 4) is 17.1 Å². The minimum absolute atomic E-state index is 0.0909. The summed E-state index contributed by atoms with van der Waals surface area (Å²) in [5.41, 5.74) is 5.87. The van der Waals surface area contributed by atoms with Gasteiger partial charge >= 0.3 is 0 Å². The minimum Gasteiger partial charge on any atom is -0.278 e. The molecular weight excluding hydrogens is 294 g/mol. The van der Waals surface area contributed by atoms with Crippen molar-refractivity contribution >= 4 is 0 Å².